The first-order chi connectivity index (χ1) is 15.9. The van der Waals surface area contributed by atoms with E-state index in [2.05, 4.69) is 5.32 Å². The number of carbonyl (C=O) groups is 2. The SMILES string of the molecule is O=C(NC(Cc1cccc(B(O)O)c1OCc1ccccc1)C(=O)O)OCc1ccccc1. The Kier molecular flexibility index (Phi) is 8.46. The predicted octanol–water partition coefficient (Wildman–Crippen LogP) is 1.87. The standard InChI is InChI=1S/C24H24BNO7/c27-23(28)21(26-24(29)33-16-18-10-5-2-6-11-18)14-19-12-7-13-20(25(30)31)22(19)32-15-17-8-3-1-4-9-17/h1-13,21,30-31H,14-16H2,(H,26,29)(H,27,28). The Morgan fingerprint density at radius 2 is 1.45 bits per heavy atom. The van der Waals surface area contributed by atoms with Gasteiger partial charge in [-0.15, -0.1) is 0 Å². The highest BCUT2D eigenvalue weighted by Crippen LogP contribution is 2.20. The number of carbonyl (C=O) groups excluding carboxylic acids is 1. The van der Waals surface area contributed by atoms with Crippen molar-refractivity contribution < 1.29 is 34.2 Å². The van der Waals surface area contributed by atoms with Crippen LogP contribution in [0, 0.1) is 0 Å². The maximum Gasteiger partial charge on any atom is 0.492 e. The molecule has 170 valence electrons. The molecule has 3 aromatic rings. The molecule has 0 aliphatic heterocycles. The maximum atomic E-state index is 12.2. The molecule has 0 saturated heterocycles. The minimum Gasteiger partial charge on any atom is -0.489 e. The van der Waals surface area contributed by atoms with Crippen LogP contribution in [-0.4, -0.2) is 40.4 Å². The third-order valence-corrected chi connectivity index (χ3v) is 4.86. The van der Waals surface area contributed by atoms with Crippen LogP contribution in [0.4, 0.5) is 4.79 Å². The van der Waals surface area contributed by atoms with Crippen LogP contribution in [0.5, 0.6) is 5.75 Å². The Balaban J connectivity index is 1.73. The van der Waals surface area contributed by atoms with Crippen molar-refractivity contribution in [2.45, 2.75) is 25.7 Å². The van der Waals surface area contributed by atoms with Gasteiger partial charge in [0, 0.05) is 11.9 Å². The molecule has 0 fully saturated rings. The summed E-state index contributed by atoms with van der Waals surface area (Å²) in [7, 11) is -1.82. The van der Waals surface area contributed by atoms with E-state index >= 15 is 0 Å². The first-order valence-corrected chi connectivity index (χ1v) is 10.3. The molecular formula is C24H24BNO7. The number of ether oxygens (including phenoxy) is 2. The predicted molar refractivity (Wildman–Crippen MR) is 122 cm³/mol. The summed E-state index contributed by atoms with van der Waals surface area (Å²) in [6.45, 7) is 0.137. The minimum atomic E-state index is -1.82. The van der Waals surface area contributed by atoms with Gasteiger partial charge in [-0.3, -0.25) is 0 Å². The molecule has 0 aromatic heterocycles. The smallest absolute Gasteiger partial charge is 0.489 e. The number of para-hydroxylation sites is 1. The fourth-order valence-electron chi connectivity index (χ4n) is 3.20. The fraction of sp³-hybridized carbons (Fsp3) is 0.167. The molecule has 1 atom stereocenters. The molecule has 0 spiro atoms. The van der Waals surface area contributed by atoms with Gasteiger partial charge in [0.25, 0.3) is 0 Å². The summed E-state index contributed by atoms with van der Waals surface area (Å²) in [6.07, 6.45) is -1.03. The van der Waals surface area contributed by atoms with Crippen LogP contribution in [0.3, 0.4) is 0 Å². The Morgan fingerprint density at radius 3 is 2.03 bits per heavy atom. The van der Waals surface area contributed by atoms with Gasteiger partial charge >= 0.3 is 19.2 Å². The van der Waals surface area contributed by atoms with Crippen LogP contribution >= 0.6 is 0 Å². The van der Waals surface area contributed by atoms with Gasteiger partial charge < -0.3 is 29.9 Å². The normalized spacial score (nSPS) is 11.3. The minimum absolute atomic E-state index is 0.00333. The molecule has 0 heterocycles. The summed E-state index contributed by atoms with van der Waals surface area (Å²) in [5, 5.41) is 31.5. The van der Waals surface area contributed by atoms with Crippen molar-refractivity contribution in [3.8, 4) is 5.75 Å². The molecule has 0 bridgehead atoms. The van der Waals surface area contributed by atoms with Gasteiger partial charge in [-0.2, -0.15) is 0 Å². The van der Waals surface area contributed by atoms with Crippen LogP contribution in [0.2, 0.25) is 0 Å². The van der Waals surface area contributed by atoms with Gasteiger partial charge in [-0.25, -0.2) is 9.59 Å². The molecule has 3 aromatic carbocycles. The van der Waals surface area contributed by atoms with Crippen LogP contribution < -0.4 is 15.5 Å². The van der Waals surface area contributed by atoms with Crippen LogP contribution in [-0.2, 0) is 29.2 Å². The van der Waals surface area contributed by atoms with Gasteiger partial charge in [-0.1, -0.05) is 78.9 Å². The molecule has 9 heteroatoms. The van der Waals surface area contributed by atoms with E-state index in [0.717, 1.165) is 11.1 Å². The molecular weight excluding hydrogens is 425 g/mol. The molecule has 33 heavy (non-hydrogen) atoms. The zero-order valence-corrected chi connectivity index (χ0v) is 17.8. The number of rotatable bonds is 10. The van der Waals surface area contributed by atoms with Crippen molar-refractivity contribution in [1.29, 1.82) is 0 Å². The second-order valence-corrected chi connectivity index (χ2v) is 7.28. The van der Waals surface area contributed by atoms with Crippen LogP contribution in [0.15, 0.2) is 78.9 Å². The number of hydrogen-bond donors (Lipinski definition) is 4. The molecule has 0 aliphatic carbocycles. The molecule has 8 nitrogen and oxygen atoms in total. The first-order valence-electron chi connectivity index (χ1n) is 10.3. The lowest BCUT2D eigenvalue weighted by Gasteiger charge is -2.19. The second kappa shape index (κ2) is 11.7. The summed E-state index contributed by atoms with van der Waals surface area (Å²) in [5.74, 6) is -1.11. The van der Waals surface area contributed by atoms with Gasteiger partial charge in [0.1, 0.15) is 25.0 Å². The molecule has 0 saturated carbocycles. The lowest BCUT2D eigenvalue weighted by atomic mass is 9.78. The number of carboxylic acid groups (broad SMARTS) is 1. The highest BCUT2D eigenvalue weighted by molar-refractivity contribution is 6.59. The van der Waals surface area contributed by atoms with Crippen molar-refractivity contribution in [3.63, 3.8) is 0 Å². The zero-order valence-electron chi connectivity index (χ0n) is 17.8. The van der Waals surface area contributed by atoms with E-state index in [1.54, 1.807) is 36.4 Å². The largest absolute Gasteiger partial charge is 0.492 e. The molecule has 1 unspecified atom stereocenters. The van der Waals surface area contributed by atoms with E-state index in [9.17, 15) is 24.7 Å². The Hall–Kier alpha value is -3.82. The molecule has 3 rings (SSSR count). The van der Waals surface area contributed by atoms with E-state index in [4.69, 9.17) is 9.47 Å². The summed E-state index contributed by atoms with van der Waals surface area (Å²) in [5.41, 5.74) is 2.11. The zero-order chi connectivity index (χ0) is 23.6. The number of alkyl carbamates (subject to hydrolysis) is 1. The van der Waals surface area contributed by atoms with Gasteiger partial charge in [0.15, 0.2) is 0 Å². The third kappa shape index (κ3) is 7.10. The highest BCUT2D eigenvalue weighted by Gasteiger charge is 2.26. The molecule has 0 radical (unpaired) electrons. The highest BCUT2D eigenvalue weighted by atomic mass is 16.5. The number of benzene rings is 3. The van der Waals surface area contributed by atoms with Crippen molar-refractivity contribution >= 4 is 24.6 Å². The van der Waals surface area contributed by atoms with Crippen LogP contribution in [0.1, 0.15) is 16.7 Å². The van der Waals surface area contributed by atoms with Crippen molar-refractivity contribution in [1.82, 2.24) is 5.32 Å². The summed E-state index contributed by atoms with van der Waals surface area (Å²) in [4.78, 5) is 24.0. The summed E-state index contributed by atoms with van der Waals surface area (Å²) in [6, 6.07) is 21.6. The number of nitrogens with one attached hydrogen (secondary N) is 1. The van der Waals surface area contributed by atoms with Crippen LogP contribution in [0.25, 0.3) is 0 Å². The van der Waals surface area contributed by atoms with Gasteiger partial charge in [-0.05, 0) is 16.7 Å². The van der Waals surface area contributed by atoms with E-state index < -0.39 is 25.2 Å². The molecule has 1 amide bonds. The van der Waals surface area contributed by atoms with E-state index in [1.807, 2.05) is 36.4 Å². The third-order valence-electron chi connectivity index (χ3n) is 4.86. The van der Waals surface area contributed by atoms with Crippen molar-refractivity contribution in [2.24, 2.45) is 0 Å². The molecule has 0 aliphatic rings. The van der Waals surface area contributed by atoms with Crippen molar-refractivity contribution in [2.75, 3.05) is 0 Å². The van der Waals surface area contributed by atoms with E-state index in [0.29, 0.717) is 5.56 Å². The summed E-state index contributed by atoms with van der Waals surface area (Å²) >= 11 is 0. The second-order valence-electron chi connectivity index (χ2n) is 7.28. The average Bonchev–Trinajstić information content (AvgIpc) is 2.82. The first kappa shape index (κ1) is 23.8. The summed E-state index contributed by atoms with van der Waals surface area (Å²) < 4.78 is 11.0. The number of hydrogen-bond acceptors (Lipinski definition) is 6. The van der Waals surface area contributed by atoms with E-state index in [-0.39, 0.29) is 30.8 Å². The van der Waals surface area contributed by atoms with Crippen molar-refractivity contribution in [3.05, 3.63) is 95.6 Å². The quantitative estimate of drug-likeness (QED) is 0.348. The van der Waals surface area contributed by atoms with Gasteiger partial charge in [0.2, 0.25) is 0 Å². The average molecular weight is 449 g/mol. The number of amides is 1. The Bertz CT molecular complexity index is 1060. The monoisotopic (exact) mass is 449 g/mol. The fourth-order valence-corrected chi connectivity index (χ4v) is 3.20. The molecule has 4 N–H and O–H groups in total. The van der Waals surface area contributed by atoms with Gasteiger partial charge in [0.05, 0.1) is 0 Å². The Labute approximate surface area is 191 Å². The van der Waals surface area contributed by atoms with E-state index in [1.165, 1.54) is 6.07 Å². The lowest BCUT2D eigenvalue weighted by Crippen LogP contribution is -2.43. The Morgan fingerprint density at radius 1 is 0.848 bits per heavy atom. The maximum absolute atomic E-state index is 12.2. The lowest BCUT2D eigenvalue weighted by molar-refractivity contribution is -0.139. The number of carboxylic acids is 1. The topological polar surface area (TPSA) is 125 Å². The number of aliphatic carboxylic acids is 1.